The first-order valence-electron chi connectivity index (χ1n) is 8.67. The zero-order valence-electron chi connectivity index (χ0n) is 13.4. The second-order valence-corrected chi connectivity index (χ2v) is 6.80. The summed E-state index contributed by atoms with van der Waals surface area (Å²) in [5, 5.41) is 2.89. The molecule has 0 bridgehead atoms. The molecule has 0 aromatic carbocycles. The predicted octanol–water partition coefficient (Wildman–Crippen LogP) is 2.72. The Morgan fingerprint density at radius 2 is 1.67 bits per heavy atom. The van der Waals surface area contributed by atoms with Gasteiger partial charge in [0.05, 0.1) is 0 Å². The standard InChI is InChI=1S/C17H30N2O2/c1-14(20)18-13-16-9-11-19(12-10-16)17(21)8-7-15-5-3-2-4-6-15/h15-16H,2-13H2,1H3,(H,18,20). The molecule has 0 atom stereocenters. The Morgan fingerprint density at radius 3 is 2.29 bits per heavy atom. The van der Waals surface area contributed by atoms with E-state index in [4.69, 9.17) is 0 Å². The van der Waals surface area contributed by atoms with Crippen LogP contribution in [0.25, 0.3) is 0 Å². The van der Waals surface area contributed by atoms with E-state index in [2.05, 4.69) is 5.32 Å². The molecule has 2 rings (SSSR count). The van der Waals surface area contributed by atoms with Crippen molar-refractivity contribution in [1.29, 1.82) is 0 Å². The Kier molecular flexibility index (Phi) is 6.52. The Labute approximate surface area is 128 Å². The van der Waals surface area contributed by atoms with Crippen LogP contribution in [0, 0.1) is 11.8 Å². The number of nitrogens with one attached hydrogen (secondary N) is 1. The topological polar surface area (TPSA) is 49.4 Å². The van der Waals surface area contributed by atoms with E-state index in [1.807, 2.05) is 4.90 Å². The van der Waals surface area contributed by atoms with Crippen molar-refractivity contribution in [2.45, 2.75) is 64.7 Å². The first kappa shape index (κ1) is 16.3. The quantitative estimate of drug-likeness (QED) is 0.847. The van der Waals surface area contributed by atoms with Gasteiger partial charge in [-0.05, 0) is 31.1 Å². The molecule has 120 valence electrons. The highest BCUT2D eigenvalue weighted by Crippen LogP contribution is 2.28. The van der Waals surface area contributed by atoms with Crippen molar-refractivity contribution in [3.05, 3.63) is 0 Å². The minimum Gasteiger partial charge on any atom is -0.356 e. The third-order valence-electron chi connectivity index (χ3n) is 5.10. The number of rotatable bonds is 5. The summed E-state index contributed by atoms with van der Waals surface area (Å²) in [5.41, 5.74) is 0. The normalized spacial score (nSPS) is 21.3. The molecule has 2 fully saturated rings. The monoisotopic (exact) mass is 294 g/mol. The van der Waals surface area contributed by atoms with E-state index < -0.39 is 0 Å². The molecule has 1 saturated heterocycles. The molecule has 4 heteroatoms. The van der Waals surface area contributed by atoms with Crippen molar-refractivity contribution in [3.63, 3.8) is 0 Å². The van der Waals surface area contributed by atoms with Crippen molar-refractivity contribution < 1.29 is 9.59 Å². The van der Waals surface area contributed by atoms with Crippen LogP contribution in [0.3, 0.4) is 0 Å². The van der Waals surface area contributed by atoms with E-state index in [1.54, 1.807) is 6.92 Å². The molecule has 2 aliphatic rings. The molecule has 1 N–H and O–H groups in total. The van der Waals surface area contributed by atoms with Gasteiger partial charge in [-0.15, -0.1) is 0 Å². The molecular formula is C17H30N2O2. The Balaban J connectivity index is 1.62. The van der Waals surface area contributed by atoms with Gasteiger partial charge < -0.3 is 10.2 Å². The maximum Gasteiger partial charge on any atom is 0.222 e. The third-order valence-corrected chi connectivity index (χ3v) is 5.10. The maximum absolute atomic E-state index is 12.3. The largest absolute Gasteiger partial charge is 0.356 e. The summed E-state index contributed by atoms with van der Waals surface area (Å²) in [7, 11) is 0. The van der Waals surface area contributed by atoms with Crippen LogP contribution in [0.2, 0.25) is 0 Å². The molecule has 21 heavy (non-hydrogen) atoms. The van der Waals surface area contributed by atoms with Gasteiger partial charge in [-0.3, -0.25) is 9.59 Å². The molecule has 1 aliphatic heterocycles. The fourth-order valence-corrected chi connectivity index (χ4v) is 3.64. The molecule has 1 saturated carbocycles. The number of piperidine rings is 1. The third kappa shape index (κ3) is 5.68. The summed E-state index contributed by atoms with van der Waals surface area (Å²) in [4.78, 5) is 25.2. The first-order chi connectivity index (χ1) is 10.1. The number of carbonyl (C=O) groups is 2. The van der Waals surface area contributed by atoms with Crippen molar-refractivity contribution in [2.24, 2.45) is 11.8 Å². The van der Waals surface area contributed by atoms with Crippen LogP contribution in [0.1, 0.15) is 64.7 Å². The summed E-state index contributed by atoms with van der Waals surface area (Å²) in [6.07, 6.45) is 10.6. The number of amides is 2. The van der Waals surface area contributed by atoms with Gasteiger partial charge in [0, 0.05) is 33.0 Å². The van der Waals surface area contributed by atoms with Crippen LogP contribution in [0.5, 0.6) is 0 Å². The fraction of sp³-hybridized carbons (Fsp3) is 0.882. The number of hydrogen-bond acceptors (Lipinski definition) is 2. The zero-order valence-corrected chi connectivity index (χ0v) is 13.4. The lowest BCUT2D eigenvalue weighted by Gasteiger charge is -2.32. The van der Waals surface area contributed by atoms with Gasteiger partial charge in [-0.2, -0.15) is 0 Å². The van der Waals surface area contributed by atoms with Crippen LogP contribution in [0.15, 0.2) is 0 Å². The second-order valence-electron chi connectivity index (χ2n) is 6.80. The fourth-order valence-electron chi connectivity index (χ4n) is 3.64. The van der Waals surface area contributed by atoms with Crippen molar-refractivity contribution in [3.8, 4) is 0 Å². The van der Waals surface area contributed by atoms with Crippen molar-refractivity contribution >= 4 is 11.8 Å². The summed E-state index contributed by atoms with van der Waals surface area (Å²) in [6.45, 7) is 4.06. The summed E-state index contributed by atoms with van der Waals surface area (Å²) in [6, 6.07) is 0. The molecule has 0 radical (unpaired) electrons. The van der Waals surface area contributed by atoms with E-state index in [1.165, 1.54) is 32.1 Å². The SMILES string of the molecule is CC(=O)NCC1CCN(C(=O)CCC2CCCCC2)CC1. The summed E-state index contributed by atoms with van der Waals surface area (Å²) >= 11 is 0. The number of nitrogens with zero attached hydrogens (tertiary/aromatic N) is 1. The number of hydrogen-bond donors (Lipinski definition) is 1. The van der Waals surface area contributed by atoms with Crippen LogP contribution in [-0.4, -0.2) is 36.3 Å². The average molecular weight is 294 g/mol. The van der Waals surface area contributed by atoms with Crippen LogP contribution < -0.4 is 5.32 Å². The molecule has 1 heterocycles. The van der Waals surface area contributed by atoms with Gasteiger partial charge >= 0.3 is 0 Å². The Hall–Kier alpha value is -1.06. The molecular weight excluding hydrogens is 264 g/mol. The van der Waals surface area contributed by atoms with Crippen molar-refractivity contribution in [1.82, 2.24) is 10.2 Å². The van der Waals surface area contributed by atoms with E-state index >= 15 is 0 Å². The lowest BCUT2D eigenvalue weighted by atomic mass is 9.86. The lowest BCUT2D eigenvalue weighted by molar-refractivity contribution is -0.133. The van der Waals surface area contributed by atoms with E-state index in [9.17, 15) is 9.59 Å². The molecule has 0 aromatic rings. The van der Waals surface area contributed by atoms with Gasteiger partial charge in [0.25, 0.3) is 0 Å². The Bertz CT molecular complexity index is 343. The number of carbonyl (C=O) groups excluding carboxylic acids is 2. The summed E-state index contributed by atoms with van der Waals surface area (Å²) < 4.78 is 0. The highest BCUT2D eigenvalue weighted by molar-refractivity contribution is 5.76. The highest BCUT2D eigenvalue weighted by atomic mass is 16.2. The van der Waals surface area contributed by atoms with Gasteiger partial charge in [-0.1, -0.05) is 32.1 Å². The molecule has 4 nitrogen and oxygen atoms in total. The van der Waals surface area contributed by atoms with Crippen LogP contribution in [0.4, 0.5) is 0 Å². The van der Waals surface area contributed by atoms with E-state index in [0.717, 1.165) is 51.2 Å². The van der Waals surface area contributed by atoms with E-state index in [0.29, 0.717) is 11.8 Å². The molecule has 0 spiro atoms. The van der Waals surface area contributed by atoms with Gasteiger partial charge in [0.2, 0.25) is 11.8 Å². The molecule has 2 amide bonds. The average Bonchev–Trinajstić information content (AvgIpc) is 2.52. The van der Waals surface area contributed by atoms with Gasteiger partial charge in [0.15, 0.2) is 0 Å². The zero-order chi connectivity index (χ0) is 15.1. The first-order valence-corrected chi connectivity index (χ1v) is 8.67. The van der Waals surface area contributed by atoms with E-state index in [-0.39, 0.29) is 5.91 Å². The Morgan fingerprint density at radius 1 is 1.00 bits per heavy atom. The minimum atomic E-state index is 0.0426. The lowest BCUT2D eigenvalue weighted by Crippen LogP contribution is -2.41. The summed E-state index contributed by atoms with van der Waals surface area (Å²) in [5.74, 6) is 1.72. The second kappa shape index (κ2) is 8.40. The molecule has 0 unspecified atom stereocenters. The predicted molar refractivity (Wildman–Crippen MR) is 83.8 cm³/mol. The maximum atomic E-state index is 12.3. The number of likely N-dealkylation sites (tertiary alicyclic amines) is 1. The van der Waals surface area contributed by atoms with Crippen LogP contribution >= 0.6 is 0 Å². The smallest absolute Gasteiger partial charge is 0.222 e. The minimum absolute atomic E-state index is 0.0426. The van der Waals surface area contributed by atoms with Gasteiger partial charge in [-0.25, -0.2) is 0 Å². The van der Waals surface area contributed by atoms with Crippen molar-refractivity contribution in [2.75, 3.05) is 19.6 Å². The molecule has 0 aromatic heterocycles. The highest BCUT2D eigenvalue weighted by Gasteiger charge is 2.23. The molecule has 1 aliphatic carbocycles. The van der Waals surface area contributed by atoms with Gasteiger partial charge in [0.1, 0.15) is 0 Å². The van der Waals surface area contributed by atoms with Crippen LogP contribution in [-0.2, 0) is 9.59 Å².